The van der Waals surface area contributed by atoms with Crippen molar-refractivity contribution in [2.45, 2.75) is 83.7 Å². The van der Waals surface area contributed by atoms with E-state index in [9.17, 15) is 9.59 Å². The van der Waals surface area contributed by atoms with Crippen molar-refractivity contribution >= 4 is 11.8 Å². The van der Waals surface area contributed by atoms with E-state index in [1.54, 1.807) is 0 Å². The van der Waals surface area contributed by atoms with Crippen LogP contribution in [0, 0.1) is 29.6 Å². The molecule has 0 bridgehead atoms. The zero-order chi connectivity index (χ0) is 21.6. The van der Waals surface area contributed by atoms with Crippen molar-refractivity contribution in [2.24, 2.45) is 22.7 Å². The average molecular weight is 421 g/mol. The lowest BCUT2D eigenvalue weighted by Crippen LogP contribution is -2.52. The Morgan fingerprint density at radius 1 is 1.06 bits per heavy atom. The number of ketones is 1. The molecular formula is C27H32O4. The van der Waals surface area contributed by atoms with Crippen LogP contribution >= 0.6 is 0 Å². The number of esters is 1. The lowest BCUT2D eigenvalue weighted by Gasteiger charge is -2.56. The van der Waals surface area contributed by atoms with E-state index in [0.717, 1.165) is 50.0 Å². The van der Waals surface area contributed by atoms with Crippen LogP contribution in [0.4, 0.5) is 0 Å². The van der Waals surface area contributed by atoms with Crippen LogP contribution in [0.25, 0.3) is 0 Å². The van der Waals surface area contributed by atoms with Gasteiger partial charge in [0.25, 0.3) is 0 Å². The van der Waals surface area contributed by atoms with Crippen molar-refractivity contribution in [3.63, 3.8) is 0 Å². The van der Waals surface area contributed by atoms with E-state index < -0.39 is 0 Å². The third-order valence-corrected chi connectivity index (χ3v) is 9.85. The minimum absolute atomic E-state index is 0.0264. The van der Waals surface area contributed by atoms with E-state index in [0.29, 0.717) is 24.7 Å². The quantitative estimate of drug-likeness (QED) is 0.425. The molecule has 3 fully saturated rings. The Hall–Kier alpha value is -2.10. The molecule has 4 heteroatoms. The molecule has 1 aromatic rings. The molecule has 1 unspecified atom stereocenters. The number of hydrogen-bond donors (Lipinski definition) is 0. The SMILES string of the molecule is Cc1ccc([C@@H]2CC3=CC(=O)CC[C@]3(C)C3=CCC4(C)[C@@H](CC[C@@]45CCC(=O)O5)[C@@H]32)o1. The highest BCUT2D eigenvalue weighted by Gasteiger charge is 2.66. The molecule has 31 heavy (non-hydrogen) atoms. The summed E-state index contributed by atoms with van der Waals surface area (Å²) in [7, 11) is 0. The lowest BCUT2D eigenvalue weighted by molar-refractivity contribution is -0.160. The number of aryl methyl sites for hydroxylation is 1. The van der Waals surface area contributed by atoms with Crippen LogP contribution in [0.15, 0.2) is 39.8 Å². The Labute approximate surface area is 184 Å². The second kappa shape index (κ2) is 6.24. The molecule has 0 radical (unpaired) electrons. The van der Waals surface area contributed by atoms with Crippen molar-refractivity contribution in [1.29, 1.82) is 0 Å². The minimum Gasteiger partial charge on any atom is -0.466 e. The molecule has 5 aliphatic rings. The fourth-order valence-corrected chi connectivity index (χ4v) is 8.08. The Morgan fingerprint density at radius 3 is 2.61 bits per heavy atom. The van der Waals surface area contributed by atoms with E-state index in [-0.39, 0.29) is 34.1 Å². The summed E-state index contributed by atoms with van der Waals surface area (Å²) in [4.78, 5) is 24.5. The van der Waals surface area contributed by atoms with E-state index >= 15 is 0 Å². The van der Waals surface area contributed by atoms with E-state index in [4.69, 9.17) is 9.15 Å². The van der Waals surface area contributed by atoms with Gasteiger partial charge in [-0.1, -0.05) is 31.1 Å². The number of ether oxygens (including phenoxy) is 1. The van der Waals surface area contributed by atoms with Crippen LogP contribution in [-0.4, -0.2) is 17.4 Å². The monoisotopic (exact) mass is 420 g/mol. The molecule has 1 saturated heterocycles. The number of allylic oxidation sites excluding steroid dienone is 4. The molecule has 0 amide bonds. The van der Waals surface area contributed by atoms with Gasteiger partial charge in [0.15, 0.2) is 5.78 Å². The largest absolute Gasteiger partial charge is 0.466 e. The van der Waals surface area contributed by atoms with Crippen molar-refractivity contribution in [2.75, 3.05) is 0 Å². The summed E-state index contributed by atoms with van der Waals surface area (Å²) in [5.41, 5.74) is 2.43. The molecule has 1 aliphatic heterocycles. The van der Waals surface area contributed by atoms with Crippen molar-refractivity contribution < 1.29 is 18.7 Å². The summed E-state index contributed by atoms with van der Waals surface area (Å²) in [5.74, 6) is 3.29. The van der Waals surface area contributed by atoms with Crippen LogP contribution in [0.2, 0.25) is 0 Å². The maximum atomic E-state index is 12.3. The van der Waals surface area contributed by atoms with Crippen LogP contribution in [0.1, 0.15) is 82.7 Å². The van der Waals surface area contributed by atoms with E-state index in [1.807, 2.05) is 13.0 Å². The molecule has 4 aliphatic carbocycles. The molecule has 2 heterocycles. The van der Waals surface area contributed by atoms with Gasteiger partial charge in [0.2, 0.25) is 0 Å². The van der Waals surface area contributed by atoms with Gasteiger partial charge in [0.1, 0.15) is 17.1 Å². The topological polar surface area (TPSA) is 56.5 Å². The molecule has 164 valence electrons. The van der Waals surface area contributed by atoms with Crippen molar-refractivity contribution in [1.82, 2.24) is 0 Å². The number of hydrogen-bond acceptors (Lipinski definition) is 4. The van der Waals surface area contributed by atoms with Gasteiger partial charge in [0.05, 0.1) is 0 Å². The predicted molar refractivity (Wildman–Crippen MR) is 116 cm³/mol. The van der Waals surface area contributed by atoms with Gasteiger partial charge in [-0.15, -0.1) is 0 Å². The summed E-state index contributed by atoms with van der Waals surface area (Å²) >= 11 is 0. The molecule has 6 rings (SSSR count). The van der Waals surface area contributed by atoms with Gasteiger partial charge < -0.3 is 9.15 Å². The second-order valence-corrected chi connectivity index (χ2v) is 11.1. The molecule has 6 atom stereocenters. The third-order valence-electron chi connectivity index (χ3n) is 9.85. The normalized spacial score (nSPS) is 43.8. The molecule has 0 N–H and O–H groups in total. The summed E-state index contributed by atoms with van der Waals surface area (Å²) < 4.78 is 12.3. The minimum atomic E-state index is -0.306. The summed E-state index contributed by atoms with van der Waals surface area (Å²) in [6.07, 6.45) is 11.3. The fraction of sp³-hybridized carbons (Fsp3) is 0.630. The maximum Gasteiger partial charge on any atom is 0.306 e. The van der Waals surface area contributed by atoms with Gasteiger partial charge >= 0.3 is 5.97 Å². The molecule has 1 spiro atoms. The first-order valence-electron chi connectivity index (χ1n) is 12.0. The van der Waals surface area contributed by atoms with Gasteiger partial charge in [-0.25, -0.2) is 0 Å². The molecule has 1 aromatic heterocycles. The van der Waals surface area contributed by atoms with E-state index in [2.05, 4.69) is 32.1 Å². The second-order valence-electron chi connectivity index (χ2n) is 11.1. The number of carbonyl (C=O) groups is 2. The first-order valence-corrected chi connectivity index (χ1v) is 12.0. The van der Waals surface area contributed by atoms with Gasteiger partial charge in [-0.3, -0.25) is 9.59 Å². The van der Waals surface area contributed by atoms with Gasteiger partial charge in [-0.2, -0.15) is 0 Å². The van der Waals surface area contributed by atoms with Gasteiger partial charge in [-0.05, 0) is 75.5 Å². The van der Waals surface area contributed by atoms with Crippen LogP contribution < -0.4 is 0 Å². The number of carbonyl (C=O) groups excluding carboxylic acids is 2. The Kier molecular flexibility index (Phi) is 3.94. The Morgan fingerprint density at radius 2 is 1.90 bits per heavy atom. The van der Waals surface area contributed by atoms with E-state index in [1.165, 1.54) is 11.1 Å². The molecule has 4 nitrogen and oxygen atoms in total. The molecular weight excluding hydrogens is 388 g/mol. The summed E-state index contributed by atoms with van der Waals surface area (Å²) in [6, 6.07) is 4.20. The number of fused-ring (bicyclic) bond motifs is 6. The van der Waals surface area contributed by atoms with Crippen LogP contribution in [0.3, 0.4) is 0 Å². The fourth-order valence-electron chi connectivity index (χ4n) is 8.08. The highest BCUT2D eigenvalue weighted by molar-refractivity contribution is 5.92. The maximum absolute atomic E-state index is 12.3. The first kappa shape index (κ1) is 19.6. The smallest absolute Gasteiger partial charge is 0.306 e. The summed E-state index contributed by atoms with van der Waals surface area (Å²) in [6.45, 7) is 6.74. The predicted octanol–water partition coefficient (Wildman–Crippen LogP) is 5.81. The van der Waals surface area contributed by atoms with Gasteiger partial charge in [0, 0.05) is 29.6 Å². The Balaban J connectivity index is 1.50. The number of furan rings is 1. The van der Waals surface area contributed by atoms with Crippen molar-refractivity contribution in [3.05, 3.63) is 47.0 Å². The standard InChI is InChI=1S/C27H32O4/c1-16-4-5-22(30-16)19-15-17-14-18(28)6-10-25(17,2)20-7-11-26(3)21(24(19)20)8-12-27(26)13-9-23(29)31-27/h4-5,7,14,19,21,24H,6,8-13,15H2,1-3H3/t19-,21-,24+,25-,26?,27+/m0/s1. The van der Waals surface area contributed by atoms with Crippen molar-refractivity contribution in [3.8, 4) is 0 Å². The first-order chi connectivity index (χ1) is 14.8. The summed E-state index contributed by atoms with van der Waals surface area (Å²) in [5, 5.41) is 0. The third kappa shape index (κ3) is 2.48. The lowest BCUT2D eigenvalue weighted by atomic mass is 9.48. The molecule has 2 saturated carbocycles. The van der Waals surface area contributed by atoms with Crippen LogP contribution in [0.5, 0.6) is 0 Å². The van der Waals surface area contributed by atoms with Crippen LogP contribution in [-0.2, 0) is 14.3 Å². The Bertz CT molecular complexity index is 1040. The zero-order valence-corrected chi connectivity index (χ0v) is 18.8. The highest BCUT2D eigenvalue weighted by Crippen LogP contribution is 2.70. The highest BCUT2D eigenvalue weighted by atomic mass is 16.6. The molecule has 0 aromatic carbocycles. The zero-order valence-electron chi connectivity index (χ0n) is 18.8. The average Bonchev–Trinajstić information content (AvgIpc) is 3.41. The number of rotatable bonds is 1.